The largest absolute Gasteiger partial charge is 0.462 e. The summed E-state index contributed by atoms with van der Waals surface area (Å²) in [6.45, 7) is 6.52. The first-order valence-electron chi connectivity index (χ1n) is 30.3. The van der Waals surface area contributed by atoms with E-state index < -0.39 is 6.10 Å². The first kappa shape index (κ1) is 67.1. The van der Waals surface area contributed by atoms with Crippen molar-refractivity contribution < 1.29 is 28.6 Å². The highest BCUT2D eigenvalue weighted by Crippen LogP contribution is 2.17. The highest BCUT2D eigenvalue weighted by atomic mass is 16.6. The second-order valence-electron chi connectivity index (χ2n) is 20.2. The van der Waals surface area contributed by atoms with Crippen molar-refractivity contribution in [2.75, 3.05) is 13.2 Å². The van der Waals surface area contributed by atoms with Gasteiger partial charge in [0, 0.05) is 19.3 Å². The number of esters is 3. The molecule has 0 saturated carbocycles. The number of hydrogen-bond donors (Lipinski definition) is 0. The van der Waals surface area contributed by atoms with Crippen molar-refractivity contribution in [1.82, 2.24) is 0 Å². The van der Waals surface area contributed by atoms with Crippen molar-refractivity contribution in [3.05, 3.63) is 60.8 Å². The van der Waals surface area contributed by atoms with Crippen molar-refractivity contribution >= 4 is 17.9 Å². The molecule has 1 unspecified atom stereocenters. The summed E-state index contributed by atoms with van der Waals surface area (Å²) in [5.74, 6) is -0.874. The lowest BCUT2D eigenvalue weighted by Gasteiger charge is -2.18. The van der Waals surface area contributed by atoms with Crippen LogP contribution in [0.3, 0.4) is 0 Å². The maximum Gasteiger partial charge on any atom is 0.306 e. The Hall–Kier alpha value is -2.89. The molecule has 0 bridgehead atoms. The molecular weight excluding hydrogens is 865 g/mol. The van der Waals surface area contributed by atoms with Crippen LogP contribution in [0.2, 0.25) is 0 Å². The van der Waals surface area contributed by atoms with Gasteiger partial charge in [0.25, 0.3) is 0 Å². The monoisotopic (exact) mass is 979 g/mol. The van der Waals surface area contributed by atoms with Gasteiger partial charge in [-0.2, -0.15) is 0 Å². The smallest absolute Gasteiger partial charge is 0.306 e. The summed E-state index contributed by atoms with van der Waals surface area (Å²) in [5.41, 5.74) is 0. The highest BCUT2D eigenvalue weighted by Gasteiger charge is 2.19. The fourth-order valence-electron chi connectivity index (χ4n) is 8.71. The van der Waals surface area contributed by atoms with E-state index in [4.69, 9.17) is 14.2 Å². The minimum absolute atomic E-state index is 0.0761. The van der Waals surface area contributed by atoms with Gasteiger partial charge in [-0.25, -0.2) is 0 Å². The topological polar surface area (TPSA) is 78.9 Å². The number of unbranched alkanes of at least 4 members (excludes halogenated alkanes) is 34. The van der Waals surface area contributed by atoms with Gasteiger partial charge in [0.1, 0.15) is 13.2 Å². The summed E-state index contributed by atoms with van der Waals surface area (Å²) >= 11 is 0. The standard InChI is InChI=1S/C64H114O6/c1-4-7-10-13-16-19-22-24-26-28-30-31-32-33-34-36-37-39-42-45-48-51-54-57-63(66)69-60-61(59-68-62(65)56-53-50-47-44-41-21-18-15-12-9-6-3)70-64(67)58-55-52-49-46-43-40-38-35-29-27-25-23-20-17-14-11-8-5-2/h7,10,15-16,18-19,24,26,30-31,61H,4-6,8-9,11-14,17,20-23,25,27-29,32-60H2,1-3H3/b10-7-,18-15-,19-16-,26-24-,31-30-. The minimum Gasteiger partial charge on any atom is -0.462 e. The number of allylic oxidation sites excluding steroid dienone is 10. The fourth-order valence-corrected chi connectivity index (χ4v) is 8.71. The number of carbonyl (C=O) groups is 3. The zero-order valence-electron chi connectivity index (χ0n) is 46.5. The van der Waals surface area contributed by atoms with Gasteiger partial charge in [0.2, 0.25) is 0 Å². The van der Waals surface area contributed by atoms with Crippen LogP contribution in [0, 0.1) is 0 Å². The third-order valence-electron chi connectivity index (χ3n) is 13.3. The van der Waals surface area contributed by atoms with Gasteiger partial charge < -0.3 is 14.2 Å². The maximum absolute atomic E-state index is 12.9. The van der Waals surface area contributed by atoms with Gasteiger partial charge in [-0.3, -0.25) is 14.4 Å². The Labute approximate surface area is 434 Å². The van der Waals surface area contributed by atoms with E-state index in [1.54, 1.807) is 0 Å². The Kier molecular flexibility index (Phi) is 56.3. The van der Waals surface area contributed by atoms with Gasteiger partial charge in [0.05, 0.1) is 0 Å². The van der Waals surface area contributed by atoms with Gasteiger partial charge in [-0.1, -0.05) is 274 Å². The second-order valence-corrected chi connectivity index (χ2v) is 20.2. The third-order valence-corrected chi connectivity index (χ3v) is 13.3. The predicted octanol–water partition coefficient (Wildman–Crippen LogP) is 20.4. The zero-order chi connectivity index (χ0) is 50.7. The van der Waals surface area contributed by atoms with E-state index in [2.05, 4.69) is 81.5 Å². The highest BCUT2D eigenvalue weighted by molar-refractivity contribution is 5.71. The van der Waals surface area contributed by atoms with Crippen LogP contribution in [0.4, 0.5) is 0 Å². The molecule has 0 spiro atoms. The molecule has 0 aromatic carbocycles. The molecule has 0 aliphatic rings. The van der Waals surface area contributed by atoms with Crippen molar-refractivity contribution in [1.29, 1.82) is 0 Å². The lowest BCUT2D eigenvalue weighted by atomic mass is 10.0. The summed E-state index contributed by atoms with van der Waals surface area (Å²) < 4.78 is 16.9. The van der Waals surface area contributed by atoms with E-state index >= 15 is 0 Å². The van der Waals surface area contributed by atoms with Crippen LogP contribution in [-0.4, -0.2) is 37.2 Å². The molecular formula is C64H114O6. The predicted molar refractivity (Wildman–Crippen MR) is 302 cm³/mol. The molecule has 0 rings (SSSR count). The lowest BCUT2D eigenvalue weighted by molar-refractivity contribution is -0.167. The summed E-state index contributed by atoms with van der Waals surface area (Å²) in [6.07, 6.45) is 73.6. The normalized spacial score (nSPS) is 12.4. The second kappa shape index (κ2) is 58.7. The van der Waals surface area contributed by atoms with Crippen LogP contribution in [0.15, 0.2) is 60.8 Å². The molecule has 6 heteroatoms. The van der Waals surface area contributed by atoms with Crippen LogP contribution in [0.25, 0.3) is 0 Å². The number of ether oxygens (including phenoxy) is 3. The summed E-state index contributed by atoms with van der Waals surface area (Å²) in [7, 11) is 0. The summed E-state index contributed by atoms with van der Waals surface area (Å²) in [5, 5.41) is 0. The molecule has 0 fully saturated rings. The van der Waals surface area contributed by atoms with Crippen molar-refractivity contribution in [2.24, 2.45) is 0 Å². The SMILES string of the molecule is CC/C=C\C/C=C\C/C=C\C/C=C\CCCCCCCCCCCCC(=O)OCC(COC(=O)CCCCCCC/C=C\CCCC)OC(=O)CCCCCCCCCCCCCCCCCCCC. The quantitative estimate of drug-likeness (QED) is 0.0261. The Morgan fingerprint density at radius 3 is 0.929 bits per heavy atom. The molecule has 0 saturated heterocycles. The van der Waals surface area contributed by atoms with E-state index in [0.717, 1.165) is 89.9 Å². The Morgan fingerprint density at radius 2 is 0.571 bits per heavy atom. The molecule has 0 aromatic heterocycles. The molecule has 0 amide bonds. The average Bonchev–Trinajstić information content (AvgIpc) is 3.36. The molecule has 0 heterocycles. The van der Waals surface area contributed by atoms with E-state index in [1.165, 1.54) is 180 Å². The molecule has 0 radical (unpaired) electrons. The first-order valence-corrected chi connectivity index (χ1v) is 30.3. The molecule has 6 nitrogen and oxygen atoms in total. The third kappa shape index (κ3) is 56.0. The van der Waals surface area contributed by atoms with E-state index in [0.29, 0.717) is 19.3 Å². The zero-order valence-corrected chi connectivity index (χ0v) is 46.5. The lowest BCUT2D eigenvalue weighted by Crippen LogP contribution is -2.30. The average molecular weight is 980 g/mol. The van der Waals surface area contributed by atoms with Crippen molar-refractivity contribution in [2.45, 2.75) is 316 Å². The number of carbonyl (C=O) groups excluding carboxylic acids is 3. The van der Waals surface area contributed by atoms with E-state index in [-0.39, 0.29) is 31.1 Å². The van der Waals surface area contributed by atoms with Gasteiger partial charge in [-0.05, 0) is 77.0 Å². The number of hydrogen-bond acceptors (Lipinski definition) is 6. The first-order chi connectivity index (χ1) is 34.5. The van der Waals surface area contributed by atoms with E-state index in [9.17, 15) is 14.4 Å². The van der Waals surface area contributed by atoms with Crippen LogP contribution in [0.1, 0.15) is 310 Å². The Balaban J connectivity index is 4.27. The molecule has 0 aromatic rings. The van der Waals surface area contributed by atoms with E-state index in [1.807, 2.05) is 0 Å². The van der Waals surface area contributed by atoms with Crippen molar-refractivity contribution in [3.8, 4) is 0 Å². The fraction of sp³-hybridized carbons (Fsp3) is 0.797. The van der Waals surface area contributed by atoms with Crippen LogP contribution in [-0.2, 0) is 28.6 Å². The van der Waals surface area contributed by atoms with Crippen LogP contribution >= 0.6 is 0 Å². The van der Waals surface area contributed by atoms with Crippen LogP contribution in [0.5, 0.6) is 0 Å². The molecule has 0 aliphatic heterocycles. The van der Waals surface area contributed by atoms with Crippen LogP contribution < -0.4 is 0 Å². The summed E-state index contributed by atoms with van der Waals surface area (Å²) in [4.78, 5) is 38.2. The van der Waals surface area contributed by atoms with Gasteiger partial charge >= 0.3 is 17.9 Å². The molecule has 0 N–H and O–H groups in total. The summed E-state index contributed by atoms with van der Waals surface area (Å²) in [6, 6.07) is 0. The number of rotatable bonds is 55. The Morgan fingerprint density at radius 1 is 0.300 bits per heavy atom. The molecule has 70 heavy (non-hydrogen) atoms. The van der Waals surface area contributed by atoms with Crippen molar-refractivity contribution in [3.63, 3.8) is 0 Å². The maximum atomic E-state index is 12.9. The molecule has 1 atom stereocenters. The Bertz CT molecular complexity index is 1260. The van der Waals surface area contributed by atoms with Gasteiger partial charge in [0.15, 0.2) is 6.10 Å². The minimum atomic E-state index is -0.777. The molecule has 0 aliphatic carbocycles. The van der Waals surface area contributed by atoms with Gasteiger partial charge in [-0.15, -0.1) is 0 Å². The molecule has 406 valence electrons.